The van der Waals surface area contributed by atoms with Crippen LogP contribution in [0.15, 0.2) is 0 Å². The normalized spacial score (nSPS) is 18.4. The van der Waals surface area contributed by atoms with Gasteiger partial charge >= 0.3 is 5.97 Å². The lowest BCUT2D eigenvalue weighted by Crippen LogP contribution is -2.41. The number of hydrogen-bond acceptors (Lipinski definition) is 2. The molecule has 0 unspecified atom stereocenters. The standard InChI is InChI=1S/C14H27NO2.ClH/c1-10(2)13(11(3)4)9-15-7-5-12(6-8-15)14(16)17;/h10-13H,5-9H2,1-4H3,(H,16,17);1H. The van der Waals surface area contributed by atoms with E-state index in [2.05, 4.69) is 32.6 Å². The lowest BCUT2D eigenvalue weighted by Gasteiger charge is -2.35. The van der Waals surface area contributed by atoms with Gasteiger partial charge in [0.15, 0.2) is 0 Å². The molecule has 0 amide bonds. The Morgan fingerprint density at radius 3 is 1.94 bits per heavy atom. The van der Waals surface area contributed by atoms with Crippen molar-refractivity contribution in [1.82, 2.24) is 4.90 Å². The predicted molar refractivity (Wildman–Crippen MR) is 77.2 cm³/mol. The highest BCUT2D eigenvalue weighted by molar-refractivity contribution is 5.85. The molecule has 0 aliphatic carbocycles. The maximum atomic E-state index is 10.9. The second-order valence-electron chi connectivity index (χ2n) is 6.07. The van der Waals surface area contributed by atoms with Gasteiger partial charge in [-0.15, -0.1) is 12.4 Å². The molecule has 1 saturated heterocycles. The minimum absolute atomic E-state index is 0. The van der Waals surface area contributed by atoms with Crippen LogP contribution in [0.2, 0.25) is 0 Å². The highest BCUT2D eigenvalue weighted by atomic mass is 35.5. The molecule has 4 heteroatoms. The quantitative estimate of drug-likeness (QED) is 0.839. The van der Waals surface area contributed by atoms with E-state index in [9.17, 15) is 4.79 Å². The van der Waals surface area contributed by atoms with Crippen molar-refractivity contribution in [2.24, 2.45) is 23.7 Å². The van der Waals surface area contributed by atoms with Gasteiger partial charge in [-0.05, 0) is 43.7 Å². The van der Waals surface area contributed by atoms with E-state index in [0.717, 1.165) is 38.4 Å². The van der Waals surface area contributed by atoms with Crippen molar-refractivity contribution < 1.29 is 9.90 Å². The number of carboxylic acid groups (broad SMARTS) is 1. The average molecular weight is 278 g/mol. The number of rotatable bonds is 5. The van der Waals surface area contributed by atoms with Gasteiger partial charge in [0.05, 0.1) is 5.92 Å². The first-order valence-corrected chi connectivity index (χ1v) is 6.87. The Balaban J connectivity index is 0.00000289. The molecule has 1 fully saturated rings. The van der Waals surface area contributed by atoms with Gasteiger partial charge in [-0.2, -0.15) is 0 Å². The van der Waals surface area contributed by atoms with Crippen LogP contribution in [0.3, 0.4) is 0 Å². The predicted octanol–water partition coefficient (Wildman–Crippen LogP) is 3.13. The highest BCUT2D eigenvalue weighted by Gasteiger charge is 2.27. The summed E-state index contributed by atoms with van der Waals surface area (Å²) in [6.07, 6.45) is 1.64. The summed E-state index contributed by atoms with van der Waals surface area (Å²) >= 11 is 0. The molecular formula is C14H28ClNO2. The van der Waals surface area contributed by atoms with Crippen molar-refractivity contribution in [3.63, 3.8) is 0 Å². The molecule has 1 N–H and O–H groups in total. The highest BCUT2D eigenvalue weighted by Crippen LogP contribution is 2.24. The topological polar surface area (TPSA) is 40.5 Å². The van der Waals surface area contributed by atoms with E-state index < -0.39 is 5.97 Å². The van der Waals surface area contributed by atoms with Gasteiger partial charge in [0.2, 0.25) is 0 Å². The number of halogens is 1. The van der Waals surface area contributed by atoms with Crippen LogP contribution in [0.1, 0.15) is 40.5 Å². The number of hydrogen-bond donors (Lipinski definition) is 1. The van der Waals surface area contributed by atoms with Crippen LogP contribution in [-0.4, -0.2) is 35.6 Å². The van der Waals surface area contributed by atoms with Crippen LogP contribution in [0, 0.1) is 23.7 Å². The molecule has 3 nitrogen and oxygen atoms in total. The summed E-state index contributed by atoms with van der Waals surface area (Å²) in [7, 11) is 0. The van der Waals surface area contributed by atoms with E-state index in [1.165, 1.54) is 0 Å². The van der Waals surface area contributed by atoms with E-state index in [1.54, 1.807) is 0 Å². The summed E-state index contributed by atoms with van der Waals surface area (Å²) in [5.41, 5.74) is 0. The molecular weight excluding hydrogens is 250 g/mol. The SMILES string of the molecule is CC(C)C(CN1CCC(C(=O)O)CC1)C(C)C.Cl. The fraction of sp³-hybridized carbons (Fsp3) is 0.929. The summed E-state index contributed by atoms with van der Waals surface area (Å²) in [6, 6.07) is 0. The first-order chi connectivity index (χ1) is 7.91. The van der Waals surface area contributed by atoms with Crippen LogP contribution in [0.5, 0.6) is 0 Å². The summed E-state index contributed by atoms with van der Waals surface area (Å²) in [6.45, 7) is 12.2. The number of carboxylic acids is 1. The maximum Gasteiger partial charge on any atom is 0.306 e. The summed E-state index contributed by atoms with van der Waals surface area (Å²) in [4.78, 5) is 13.3. The molecule has 0 aromatic rings. The minimum Gasteiger partial charge on any atom is -0.481 e. The summed E-state index contributed by atoms with van der Waals surface area (Å²) in [5, 5.41) is 8.96. The summed E-state index contributed by atoms with van der Waals surface area (Å²) in [5.74, 6) is 1.40. The molecule has 108 valence electrons. The number of piperidine rings is 1. The Labute approximate surface area is 117 Å². The number of aliphatic carboxylic acids is 1. The molecule has 0 atom stereocenters. The van der Waals surface area contributed by atoms with E-state index >= 15 is 0 Å². The Bertz CT molecular complexity index is 240. The molecule has 0 saturated carbocycles. The van der Waals surface area contributed by atoms with Crippen LogP contribution in [-0.2, 0) is 4.79 Å². The molecule has 1 aliphatic rings. The van der Waals surface area contributed by atoms with Crippen molar-refractivity contribution in [1.29, 1.82) is 0 Å². The van der Waals surface area contributed by atoms with Crippen molar-refractivity contribution in [2.75, 3.05) is 19.6 Å². The summed E-state index contributed by atoms with van der Waals surface area (Å²) < 4.78 is 0. The monoisotopic (exact) mass is 277 g/mol. The van der Waals surface area contributed by atoms with E-state index in [0.29, 0.717) is 11.8 Å². The zero-order valence-electron chi connectivity index (χ0n) is 12.1. The molecule has 1 aliphatic heterocycles. The van der Waals surface area contributed by atoms with Crippen molar-refractivity contribution in [3.8, 4) is 0 Å². The number of carbonyl (C=O) groups is 1. The number of nitrogens with zero attached hydrogens (tertiary/aromatic N) is 1. The van der Waals surface area contributed by atoms with Gasteiger partial charge < -0.3 is 10.0 Å². The Morgan fingerprint density at radius 1 is 1.17 bits per heavy atom. The molecule has 1 heterocycles. The van der Waals surface area contributed by atoms with E-state index in [-0.39, 0.29) is 18.3 Å². The van der Waals surface area contributed by atoms with E-state index in [1.807, 2.05) is 0 Å². The molecule has 0 aromatic carbocycles. The van der Waals surface area contributed by atoms with Crippen molar-refractivity contribution in [2.45, 2.75) is 40.5 Å². The molecule has 0 bridgehead atoms. The van der Waals surface area contributed by atoms with Gasteiger partial charge in [0.25, 0.3) is 0 Å². The molecule has 0 aromatic heterocycles. The Morgan fingerprint density at radius 2 is 1.61 bits per heavy atom. The van der Waals surface area contributed by atoms with Crippen molar-refractivity contribution >= 4 is 18.4 Å². The first kappa shape index (κ1) is 17.7. The van der Waals surface area contributed by atoms with Crippen LogP contribution in [0.4, 0.5) is 0 Å². The maximum absolute atomic E-state index is 10.9. The van der Waals surface area contributed by atoms with Crippen LogP contribution in [0.25, 0.3) is 0 Å². The van der Waals surface area contributed by atoms with Crippen LogP contribution >= 0.6 is 12.4 Å². The van der Waals surface area contributed by atoms with Gasteiger partial charge in [0.1, 0.15) is 0 Å². The zero-order chi connectivity index (χ0) is 13.0. The average Bonchev–Trinajstić information content (AvgIpc) is 2.25. The van der Waals surface area contributed by atoms with Gasteiger partial charge in [0, 0.05) is 6.54 Å². The second-order valence-corrected chi connectivity index (χ2v) is 6.07. The molecule has 1 rings (SSSR count). The fourth-order valence-corrected chi connectivity index (χ4v) is 2.85. The first-order valence-electron chi connectivity index (χ1n) is 6.87. The third-order valence-corrected chi connectivity index (χ3v) is 4.12. The molecule has 0 spiro atoms. The Hall–Kier alpha value is -0.280. The third kappa shape index (κ3) is 5.15. The van der Waals surface area contributed by atoms with E-state index in [4.69, 9.17) is 5.11 Å². The zero-order valence-corrected chi connectivity index (χ0v) is 12.9. The lowest BCUT2D eigenvalue weighted by molar-refractivity contribution is -0.143. The van der Waals surface area contributed by atoms with Crippen molar-refractivity contribution in [3.05, 3.63) is 0 Å². The second kappa shape index (κ2) is 8.00. The smallest absolute Gasteiger partial charge is 0.306 e. The fourth-order valence-electron chi connectivity index (χ4n) is 2.85. The number of likely N-dealkylation sites (tertiary alicyclic amines) is 1. The van der Waals surface area contributed by atoms with Crippen LogP contribution < -0.4 is 0 Å². The molecule has 0 radical (unpaired) electrons. The minimum atomic E-state index is -0.617. The van der Waals surface area contributed by atoms with Gasteiger partial charge in [-0.3, -0.25) is 4.79 Å². The van der Waals surface area contributed by atoms with Gasteiger partial charge in [-0.1, -0.05) is 27.7 Å². The lowest BCUT2D eigenvalue weighted by atomic mass is 9.84. The Kier molecular flexibility index (Phi) is 7.88. The third-order valence-electron chi connectivity index (χ3n) is 4.12. The van der Waals surface area contributed by atoms with Gasteiger partial charge in [-0.25, -0.2) is 0 Å². The largest absolute Gasteiger partial charge is 0.481 e. The molecule has 18 heavy (non-hydrogen) atoms.